The first-order valence-electron chi connectivity index (χ1n) is 5.66. The lowest BCUT2D eigenvalue weighted by Gasteiger charge is -2.13. The van der Waals surface area contributed by atoms with E-state index in [0.29, 0.717) is 11.5 Å². The molecule has 1 aromatic heterocycles. The Morgan fingerprint density at radius 3 is 2.83 bits per heavy atom. The van der Waals surface area contributed by atoms with Crippen LogP contribution in [0.4, 0.5) is 4.39 Å². The van der Waals surface area contributed by atoms with Gasteiger partial charge in [-0.15, -0.1) is 0 Å². The molecule has 5 heteroatoms. The topological polar surface area (TPSA) is 61.3 Å². The second kappa shape index (κ2) is 5.18. The molecule has 1 atom stereocenters. The van der Waals surface area contributed by atoms with Crippen LogP contribution >= 0.6 is 0 Å². The summed E-state index contributed by atoms with van der Waals surface area (Å²) in [5.74, 6) is 0.662. The molecule has 96 valence electrons. The number of ether oxygens (including phenoxy) is 1. The third-order valence-corrected chi connectivity index (χ3v) is 2.51. The normalized spacial score (nSPS) is 12.4. The van der Waals surface area contributed by atoms with Crippen molar-refractivity contribution in [3.05, 3.63) is 47.1 Å². The molecular formula is C13H15FN2O2. The van der Waals surface area contributed by atoms with Gasteiger partial charge < -0.3 is 15.0 Å². The first-order valence-corrected chi connectivity index (χ1v) is 5.66. The maximum absolute atomic E-state index is 13.2. The molecule has 2 N–H and O–H groups in total. The van der Waals surface area contributed by atoms with Crippen LogP contribution in [0.2, 0.25) is 0 Å². The Labute approximate surface area is 105 Å². The van der Waals surface area contributed by atoms with E-state index in [1.807, 2.05) is 13.8 Å². The van der Waals surface area contributed by atoms with E-state index in [4.69, 9.17) is 15.0 Å². The minimum atomic E-state index is -0.358. The Kier molecular flexibility index (Phi) is 3.62. The molecule has 0 fully saturated rings. The highest BCUT2D eigenvalue weighted by Crippen LogP contribution is 2.25. The molecule has 4 nitrogen and oxygen atoms in total. The number of halogens is 1. The molecule has 0 aliphatic rings. The van der Waals surface area contributed by atoms with E-state index in [1.165, 1.54) is 12.1 Å². The highest BCUT2D eigenvalue weighted by molar-refractivity contribution is 5.36. The second-order valence-corrected chi connectivity index (χ2v) is 4.19. The molecule has 2 aromatic rings. The standard InChI is InChI=1S/C13H15FN2O2/c1-8-5-11(18-16-8)7-17-13-6-10(14)3-4-12(13)9(2)15/h3-6,9H,7,15H2,1-2H3. The van der Waals surface area contributed by atoms with Crippen LogP contribution in [0.3, 0.4) is 0 Å². The molecule has 0 aliphatic heterocycles. The van der Waals surface area contributed by atoms with E-state index in [0.717, 1.165) is 11.3 Å². The second-order valence-electron chi connectivity index (χ2n) is 4.19. The Morgan fingerprint density at radius 2 is 2.22 bits per heavy atom. The van der Waals surface area contributed by atoms with Crippen LogP contribution in [0.15, 0.2) is 28.8 Å². The van der Waals surface area contributed by atoms with Crippen molar-refractivity contribution in [1.29, 1.82) is 0 Å². The third-order valence-electron chi connectivity index (χ3n) is 2.51. The predicted octanol–water partition coefficient (Wildman–Crippen LogP) is 2.72. The summed E-state index contributed by atoms with van der Waals surface area (Å²) in [5, 5.41) is 3.75. The largest absolute Gasteiger partial charge is 0.485 e. The number of hydrogen-bond acceptors (Lipinski definition) is 4. The zero-order valence-corrected chi connectivity index (χ0v) is 10.3. The number of nitrogens with zero attached hydrogens (tertiary/aromatic N) is 1. The van der Waals surface area contributed by atoms with Crippen LogP contribution < -0.4 is 10.5 Å². The highest BCUT2D eigenvalue weighted by atomic mass is 19.1. The van der Waals surface area contributed by atoms with Gasteiger partial charge in [-0.1, -0.05) is 11.2 Å². The van der Waals surface area contributed by atoms with Gasteiger partial charge in [0.25, 0.3) is 0 Å². The molecule has 0 saturated heterocycles. The van der Waals surface area contributed by atoms with Gasteiger partial charge in [0.05, 0.1) is 5.69 Å². The molecule has 0 amide bonds. The maximum atomic E-state index is 13.2. The number of hydrogen-bond donors (Lipinski definition) is 1. The molecule has 1 unspecified atom stereocenters. The van der Waals surface area contributed by atoms with E-state index in [2.05, 4.69) is 5.16 Å². The van der Waals surface area contributed by atoms with Crippen molar-refractivity contribution in [3.63, 3.8) is 0 Å². The van der Waals surface area contributed by atoms with Crippen molar-refractivity contribution in [2.75, 3.05) is 0 Å². The summed E-state index contributed by atoms with van der Waals surface area (Å²) in [7, 11) is 0. The van der Waals surface area contributed by atoms with E-state index in [1.54, 1.807) is 12.1 Å². The summed E-state index contributed by atoms with van der Waals surface area (Å²) in [6.07, 6.45) is 0. The summed E-state index contributed by atoms with van der Waals surface area (Å²) in [5.41, 5.74) is 7.33. The summed E-state index contributed by atoms with van der Waals surface area (Å²) in [6.45, 7) is 3.84. The lowest BCUT2D eigenvalue weighted by molar-refractivity contribution is 0.245. The Hall–Kier alpha value is -1.88. The van der Waals surface area contributed by atoms with Gasteiger partial charge in [0.1, 0.15) is 18.2 Å². The van der Waals surface area contributed by atoms with Crippen molar-refractivity contribution < 1.29 is 13.7 Å². The average molecular weight is 250 g/mol. The first kappa shape index (κ1) is 12.6. The predicted molar refractivity (Wildman–Crippen MR) is 64.6 cm³/mol. The lowest BCUT2D eigenvalue weighted by atomic mass is 10.1. The molecular weight excluding hydrogens is 235 g/mol. The van der Waals surface area contributed by atoms with Gasteiger partial charge in [-0.05, 0) is 19.9 Å². The molecule has 0 spiro atoms. The van der Waals surface area contributed by atoms with Crippen molar-refractivity contribution >= 4 is 0 Å². The van der Waals surface area contributed by atoms with E-state index >= 15 is 0 Å². The first-order chi connectivity index (χ1) is 8.56. The molecule has 0 bridgehead atoms. The summed E-state index contributed by atoms with van der Waals surface area (Å²) < 4.78 is 23.7. The van der Waals surface area contributed by atoms with Crippen LogP contribution in [-0.2, 0) is 6.61 Å². The number of aromatic nitrogens is 1. The van der Waals surface area contributed by atoms with Gasteiger partial charge in [0, 0.05) is 23.7 Å². The molecule has 1 heterocycles. The van der Waals surface area contributed by atoms with Gasteiger partial charge >= 0.3 is 0 Å². The summed E-state index contributed by atoms with van der Waals surface area (Å²) in [4.78, 5) is 0. The lowest BCUT2D eigenvalue weighted by Crippen LogP contribution is -2.08. The summed E-state index contributed by atoms with van der Waals surface area (Å²) in [6, 6.07) is 5.86. The smallest absolute Gasteiger partial charge is 0.174 e. The molecule has 2 rings (SSSR count). The van der Waals surface area contributed by atoms with E-state index in [9.17, 15) is 4.39 Å². The Bertz CT molecular complexity index is 538. The maximum Gasteiger partial charge on any atom is 0.174 e. The minimum absolute atomic E-state index is 0.198. The van der Waals surface area contributed by atoms with Crippen LogP contribution in [0.25, 0.3) is 0 Å². The van der Waals surface area contributed by atoms with Gasteiger partial charge in [-0.2, -0.15) is 0 Å². The number of nitrogens with two attached hydrogens (primary N) is 1. The fraction of sp³-hybridized carbons (Fsp3) is 0.308. The zero-order valence-electron chi connectivity index (χ0n) is 10.3. The number of aryl methyl sites for hydroxylation is 1. The minimum Gasteiger partial charge on any atom is -0.485 e. The van der Waals surface area contributed by atoms with Gasteiger partial charge in [0.2, 0.25) is 0 Å². The van der Waals surface area contributed by atoms with Crippen LogP contribution in [0.5, 0.6) is 5.75 Å². The highest BCUT2D eigenvalue weighted by Gasteiger charge is 2.10. The summed E-state index contributed by atoms with van der Waals surface area (Å²) >= 11 is 0. The monoisotopic (exact) mass is 250 g/mol. The van der Waals surface area contributed by atoms with Crippen LogP contribution in [-0.4, -0.2) is 5.16 Å². The fourth-order valence-electron chi connectivity index (χ4n) is 1.64. The quantitative estimate of drug-likeness (QED) is 0.906. The van der Waals surface area contributed by atoms with Crippen molar-refractivity contribution in [2.24, 2.45) is 5.73 Å². The van der Waals surface area contributed by atoms with Gasteiger partial charge in [-0.3, -0.25) is 0 Å². The van der Waals surface area contributed by atoms with E-state index in [-0.39, 0.29) is 18.5 Å². The Balaban J connectivity index is 2.15. The molecule has 0 saturated carbocycles. The fourth-order valence-corrected chi connectivity index (χ4v) is 1.64. The number of benzene rings is 1. The number of rotatable bonds is 4. The van der Waals surface area contributed by atoms with Crippen molar-refractivity contribution in [1.82, 2.24) is 5.16 Å². The molecule has 0 radical (unpaired) electrons. The van der Waals surface area contributed by atoms with Crippen molar-refractivity contribution in [2.45, 2.75) is 26.5 Å². The SMILES string of the molecule is Cc1cc(COc2cc(F)ccc2C(C)N)on1. The zero-order chi connectivity index (χ0) is 13.1. The van der Waals surface area contributed by atoms with Crippen LogP contribution in [0, 0.1) is 12.7 Å². The molecule has 0 aliphatic carbocycles. The van der Waals surface area contributed by atoms with Crippen LogP contribution in [0.1, 0.15) is 30.0 Å². The third kappa shape index (κ3) is 2.87. The Morgan fingerprint density at radius 1 is 1.44 bits per heavy atom. The molecule has 18 heavy (non-hydrogen) atoms. The average Bonchev–Trinajstić information content (AvgIpc) is 2.72. The van der Waals surface area contributed by atoms with Gasteiger partial charge in [-0.25, -0.2) is 4.39 Å². The van der Waals surface area contributed by atoms with E-state index < -0.39 is 0 Å². The van der Waals surface area contributed by atoms with Gasteiger partial charge in [0.15, 0.2) is 5.76 Å². The van der Waals surface area contributed by atoms with Crippen molar-refractivity contribution in [3.8, 4) is 5.75 Å². The molecule has 1 aromatic carbocycles.